The quantitative estimate of drug-likeness (QED) is 0.0996. The summed E-state index contributed by atoms with van der Waals surface area (Å²) in [5.74, 6) is 0. The van der Waals surface area contributed by atoms with Crippen molar-refractivity contribution in [1.82, 2.24) is 0 Å². The molecule has 0 heterocycles. The molecule has 0 aliphatic heterocycles. The van der Waals surface area contributed by atoms with Gasteiger partial charge in [-0.15, -0.1) is 0 Å². The summed E-state index contributed by atoms with van der Waals surface area (Å²) in [7, 11) is 0. The van der Waals surface area contributed by atoms with Gasteiger partial charge in [0.15, 0.2) is 0 Å². The molecule has 1 aliphatic carbocycles. The molecular weight excluding hydrogens is 881 g/mol. The van der Waals surface area contributed by atoms with Gasteiger partial charge in [-0.1, -0.05) is 257 Å². The molecular formula is C71H52N2. The topological polar surface area (TPSA) is 6.48 Å². The molecule has 1 aliphatic rings. The fraction of sp³-hybridized carbons (Fsp3) is 0.0423. The Bertz CT molecular complexity index is 3820. The van der Waals surface area contributed by atoms with Gasteiger partial charge in [0.25, 0.3) is 0 Å². The zero-order valence-electron chi connectivity index (χ0n) is 41.0. The molecule has 73 heavy (non-hydrogen) atoms. The average Bonchev–Trinajstić information content (AvgIpc) is 3.69. The van der Waals surface area contributed by atoms with Crippen LogP contribution in [0.3, 0.4) is 0 Å². The molecule has 0 atom stereocenters. The van der Waals surface area contributed by atoms with Crippen LogP contribution >= 0.6 is 0 Å². The number of benzene rings is 12. The molecule has 2 heteroatoms. The maximum atomic E-state index is 2.58. The summed E-state index contributed by atoms with van der Waals surface area (Å²) >= 11 is 0. The molecule has 12 aromatic rings. The lowest BCUT2D eigenvalue weighted by Crippen LogP contribution is -2.18. The lowest BCUT2D eigenvalue weighted by Gasteiger charge is -2.36. The first-order chi connectivity index (χ1) is 36.0. The second-order valence-electron chi connectivity index (χ2n) is 19.6. The summed E-state index contributed by atoms with van der Waals surface area (Å²) in [5.41, 5.74) is 20.8. The van der Waals surface area contributed by atoms with Crippen LogP contribution in [0.4, 0.5) is 34.1 Å². The van der Waals surface area contributed by atoms with Crippen molar-refractivity contribution in [2.24, 2.45) is 0 Å². The van der Waals surface area contributed by atoms with E-state index in [1.165, 1.54) is 27.6 Å². The van der Waals surface area contributed by atoms with Crippen LogP contribution in [0.25, 0.3) is 77.2 Å². The standard InChI is InChI=1S/C71H52N2/c1-71(2)63-42-22-17-39-57(63)60-47-61-62(48-64(60)71)70(73(67-45-25-20-37-55(67)51-31-11-5-12-32-51)68-46-26-21-38-56(68)52-33-13-6-14-34-52)59-41-16-15-40-58(59)69(61)72(65-43-23-18-35-53(65)49-27-7-3-8-28-49)66-44-24-19-36-54(66)50-29-9-4-10-30-50/h3-48H,1-2H3. The molecule has 0 radical (unpaired) electrons. The van der Waals surface area contributed by atoms with Crippen LogP contribution in [0, 0.1) is 0 Å². The molecule has 0 saturated heterocycles. The van der Waals surface area contributed by atoms with Gasteiger partial charge in [0, 0.05) is 49.2 Å². The fourth-order valence-electron chi connectivity index (χ4n) is 11.7. The Morgan fingerprint density at radius 1 is 0.233 bits per heavy atom. The van der Waals surface area contributed by atoms with Gasteiger partial charge < -0.3 is 9.80 Å². The van der Waals surface area contributed by atoms with Crippen molar-refractivity contribution in [3.8, 4) is 55.6 Å². The van der Waals surface area contributed by atoms with Gasteiger partial charge in [-0.2, -0.15) is 0 Å². The molecule has 0 fully saturated rings. The average molecular weight is 933 g/mol. The van der Waals surface area contributed by atoms with Crippen LogP contribution in [-0.2, 0) is 5.41 Å². The van der Waals surface area contributed by atoms with E-state index in [0.717, 1.165) is 94.8 Å². The second-order valence-corrected chi connectivity index (χ2v) is 19.6. The van der Waals surface area contributed by atoms with E-state index < -0.39 is 0 Å². The number of hydrogen-bond acceptors (Lipinski definition) is 2. The Labute approximate surface area is 428 Å². The first-order valence-electron chi connectivity index (χ1n) is 25.4. The van der Waals surface area contributed by atoms with E-state index in [0.29, 0.717) is 0 Å². The highest BCUT2D eigenvalue weighted by molar-refractivity contribution is 6.25. The minimum atomic E-state index is -0.266. The van der Waals surface area contributed by atoms with Crippen molar-refractivity contribution in [3.63, 3.8) is 0 Å². The SMILES string of the molecule is CC1(C)c2ccccc2-c2cc3c(N(c4ccccc4-c4ccccc4)c4ccccc4-c4ccccc4)c4ccccc4c(N(c4ccccc4-c4ccccc4)c4ccccc4-c4ccccc4)c3cc21. The van der Waals surface area contributed by atoms with E-state index in [4.69, 9.17) is 0 Å². The van der Waals surface area contributed by atoms with Gasteiger partial charge in [-0.3, -0.25) is 0 Å². The first-order valence-corrected chi connectivity index (χ1v) is 25.4. The van der Waals surface area contributed by atoms with Gasteiger partial charge in [0.1, 0.15) is 0 Å². The lowest BCUT2D eigenvalue weighted by atomic mass is 9.81. The van der Waals surface area contributed by atoms with Crippen molar-refractivity contribution in [2.45, 2.75) is 19.3 Å². The number of rotatable bonds is 10. The Morgan fingerprint density at radius 2 is 0.521 bits per heavy atom. The Morgan fingerprint density at radius 3 is 0.890 bits per heavy atom. The highest BCUT2D eigenvalue weighted by atomic mass is 15.2. The smallest absolute Gasteiger partial charge is 0.0620 e. The third-order valence-corrected chi connectivity index (χ3v) is 15.0. The lowest BCUT2D eigenvalue weighted by molar-refractivity contribution is 0.661. The van der Waals surface area contributed by atoms with Crippen LogP contribution in [0.2, 0.25) is 0 Å². The van der Waals surface area contributed by atoms with Crippen LogP contribution in [0.5, 0.6) is 0 Å². The number of anilines is 6. The summed E-state index contributed by atoms with van der Waals surface area (Å²) in [5, 5.41) is 4.60. The zero-order chi connectivity index (χ0) is 48.9. The number of hydrogen-bond donors (Lipinski definition) is 0. The maximum Gasteiger partial charge on any atom is 0.0620 e. The van der Waals surface area contributed by atoms with Gasteiger partial charge in [-0.25, -0.2) is 0 Å². The molecule has 0 bridgehead atoms. The highest BCUT2D eigenvalue weighted by Crippen LogP contribution is 2.58. The van der Waals surface area contributed by atoms with Crippen molar-refractivity contribution in [3.05, 3.63) is 290 Å². The summed E-state index contributed by atoms with van der Waals surface area (Å²) in [6, 6.07) is 103. The molecule has 12 aromatic carbocycles. The van der Waals surface area contributed by atoms with Crippen molar-refractivity contribution < 1.29 is 0 Å². The van der Waals surface area contributed by atoms with E-state index in [1.807, 2.05) is 0 Å². The van der Waals surface area contributed by atoms with E-state index >= 15 is 0 Å². The molecule has 0 saturated carbocycles. The number of para-hydroxylation sites is 4. The summed E-state index contributed by atoms with van der Waals surface area (Å²) < 4.78 is 0. The molecule has 0 aromatic heterocycles. The van der Waals surface area contributed by atoms with Gasteiger partial charge in [0.05, 0.1) is 34.1 Å². The summed E-state index contributed by atoms with van der Waals surface area (Å²) in [4.78, 5) is 5.17. The van der Waals surface area contributed by atoms with Gasteiger partial charge >= 0.3 is 0 Å². The van der Waals surface area contributed by atoms with E-state index in [1.54, 1.807) is 0 Å². The molecule has 0 N–H and O–H groups in total. The molecule has 0 spiro atoms. The van der Waals surface area contributed by atoms with Crippen molar-refractivity contribution in [1.29, 1.82) is 0 Å². The van der Waals surface area contributed by atoms with Crippen LogP contribution < -0.4 is 9.80 Å². The van der Waals surface area contributed by atoms with Gasteiger partial charge in [0.2, 0.25) is 0 Å². The van der Waals surface area contributed by atoms with Crippen molar-refractivity contribution in [2.75, 3.05) is 9.80 Å². The Hall–Kier alpha value is -9.24. The highest BCUT2D eigenvalue weighted by Gasteiger charge is 2.38. The molecule has 0 amide bonds. The van der Waals surface area contributed by atoms with Gasteiger partial charge in [-0.05, 0) is 80.9 Å². The third kappa shape index (κ3) is 7.42. The summed E-state index contributed by atoms with van der Waals surface area (Å²) in [6.07, 6.45) is 0. The van der Waals surface area contributed by atoms with Crippen molar-refractivity contribution >= 4 is 55.7 Å². The second kappa shape index (κ2) is 18.2. The van der Waals surface area contributed by atoms with E-state index in [2.05, 4.69) is 303 Å². The number of fused-ring (bicyclic) bond motifs is 5. The van der Waals surface area contributed by atoms with E-state index in [9.17, 15) is 0 Å². The Kier molecular flexibility index (Phi) is 10.9. The normalized spacial score (nSPS) is 12.4. The monoisotopic (exact) mass is 932 g/mol. The van der Waals surface area contributed by atoms with E-state index in [-0.39, 0.29) is 5.41 Å². The van der Waals surface area contributed by atoms with Crippen LogP contribution in [-0.4, -0.2) is 0 Å². The zero-order valence-corrected chi connectivity index (χ0v) is 41.0. The summed E-state index contributed by atoms with van der Waals surface area (Å²) in [6.45, 7) is 4.80. The minimum absolute atomic E-state index is 0.266. The molecule has 2 nitrogen and oxygen atoms in total. The minimum Gasteiger partial charge on any atom is -0.308 e. The number of nitrogens with zero attached hydrogens (tertiary/aromatic N) is 2. The molecule has 346 valence electrons. The molecule has 0 unspecified atom stereocenters. The largest absolute Gasteiger partial charge is 0.308 e. The van der Waals surface area contributed by atoms with Crippen LogP contribution in [0.15, 0.2) is 279 Å². The maximum absolute atomic E-state index is 2.58. The predicted octanol–water partition coefficient (Wildman–Crippen LogP) is 19.9. The first kappa shape index (κ1) is 43.8. The fourth-order valence-corrected chi connectivity index (χ4v) is 11.7. The molecule has 13 rings (SSSR count). The van der Waals surface area contributed by atoms with Crippen LogP contribution in [0.1, 0.15) is 25.0 Å². The predicted molar refractivity (Wildman–Crippen MR) is 310 cm³/mol. The third-order valence-electron chi connectivity index (χ3n) is 15.0. The Balaban J connectivity index is 1.24.